The molecule has 12 nitrogen and oxygen atoms in total. The van der Waals surface area contributed by atoms with Crippen molar-refractivity contribution in [3.05, 3.63) is 68.4 Å². The Labute approximate surface area is 240 Å². The van der Waals surface area contributed by atoms with Gasteiger partial charge >= 0.3 is 5.97 Å². The zero-order valence-electron chi connectivity index (χ0n) is 24.1. The number of carbonyl (C=O) groups is 7. The quantitative estimate of drug-likeness (QED) is 0.149. The van der Waals surface area contributed by atoms with E-state index in [0.29, 0.717) is 0 Å². The number of hydrogen-bond acceptors (Lipinski definition) is 11. The number of hydrogen-bond donors (Lipinski definition) is 0. The van der Waals surface area contributed by atoms with Crippen molar-refractivity contribution in [2.24, 2.45) is 0 Å². The number of ether oxygens (including phenoxy) is 3. The molecule has 0 aromatic heterocycles. The van der Waals surface area contributed by atoms with Gasteiger partial charge in [0.05, 0.1) is 25.8 Å². The van der Waals surface area contributed by atoms with Crippen molar-refractivity contribution in [2.45, 2.75) is 45.8 Å². The molecule has 0 N–H and O–H groups in total. The molecule has 5 aliphatic rings. The maximum atomic E-state index is 14.1. The van der Waals surface area contributed by atoms with Gasteiger partial charge in [0.15, 0.2) is 34.9 Å². The van der Waals surface area contributed by atoms with Crippen LogP contribution in [0.15, 0.2) is 68.4 Å². The van der Waals surface area contributed by atoms with Gasteiger partial charge < -0.3 is 19.1 Å². The van der Waals surface area contributed by atoms with Gasteiger partial charge in [0, 0.05) is 39.1 Å². The van der Waals surface area contributed by atoms with Crippen LogP contribution in [0.2, 0.25) is 0 Å². The number of nitrogens with zero attached hydrogens (tertiary/aromatic N) is 2. The molecule has 0 unspecified atom stereocenters. The van der Waals surface area contributed by atoms with E-state index in [1.165, 1.54) is 59.1 Å². The minimum Gasteiger partial charge on any atom is -0.492 e. The molecule has 0 aromatic rings. The van der Waals surface area contributed by atoms with Crippen LogP contribution in [-0.4, -0.2) is 96.6 Å². The lowest BCUT2D eigenvalue weighted by Crippen LogP contribution is -2.69. The Bertz CT molecular complexity index is 1650. The fourth-order valence-electron chi connectivity index (χ4n) is 6.14. The number of piperazine rings is 1. The lowest BCUT2D eigenvalue weighted by atomic mass is 9.72. The van der Waals surface area contributed by atoms with Gasteiger partial charge in [0.1, 0.15) is 12.6 Å². The van der Waals surface area contributed by atoms with E-state index in [9.17, 15) is 33.6 Å². The SMILES string of the molecule is C/C=C(\C)C(=O)OC[C@H]1C2=C(C=C3[C@H]4C5=C(C(=O)C(C)=C(OC)C5=O)C(=O)[C@@H](C(=O)N31)N4C)C(=O)C(C)=C(OC)C2=O. The van der Waals surface area contributed by atoms with Gasteiger partial charge in [0.2, 0.25) is 11.6 Å². The monoisotopic (exact) mass is 576 g/mol. The van der Waals surface area contributed by atoms with Crippen molar-refractivity contribution in [2.75, 3.05) is 27.9 Å². The van der Waals surface area contributed by atoms with E-state index in [4.69, 9.17) is 14.2 Å². The van der Waals surface area contributed by atoms with Gasteiger partial charge in [0.25, 0.3) is 5.91 Å². The Morgan fingerprint density at radius 3 is 2.02 bits per heavy atom. The summed E-state index contributed by atoms with van der Waals surface area (Å²) < 4.78 is 15.9. The largest absolute Gasteiger partial charge is 0.492 e. The maximum absolute atomic E-state index is 14.1. The number of Topliss-reactive ketones (excluding diaryl/α,β-unsaturated/α-hetero) is 5. The summed E-state index contributed by atoms with van der Waals surface area (Å²) in [6.07, 6.45) is 2.85. The van der Waals surface area contributed by atoms with Crippen molar-refractivity contribution in [3.8, 4) is 0 Å². The molecular weight excluding hydrogens is 548 g/mol. The number of methoxy groups -OCH3 is 2. The van der Waals surface area contributed by atoms with Crippen LogP contribution in [0.4, 0.5) is 0 Å². The average molecular weight is 577 g/mol. The van der Waals surface area contributed by atoms with Crippen LogP contribution in [0.3, 0.4) is 0 Å². The summed E-state index contributed by atoms with van der Waals surface area (Å²) in [4.78, 5) is 97.3. The van der Waals surface area contributed by atoms with Crippen molar-refractivity contribution < 1.29 is 47.8 Å². The Balaban J connectivity index is 1.76. The van der Waals surface area contributed by atoms with Gasteiger partial charge in [-0.1, -0.05) is 6.08 Å². The van der Waals surface area contributed by atoms with Crippen molar-refractivity contribution in [3.63, 3.8) is 0 Å². The van der Waals surface area contributed by atoms with Crippen molar-refractivity contribution in [1.29, 1.82) is 0 Å². The molecule has 42 heavy (non-hydrogen) atoms. The summed E-state index contributed by atoms with van der Waals surface area (Å²) in [5.41, 5.74) is -0.504. The highest BCUT2D eigenvalue weighted by atomic mass is 16.5. The van der Waals surface area contributed by atoms with Crippen LogP contribution in [-0.2, 0) is 47.8 Å². The highest BCUT2D eigenvalue weighted by Crippen LogP contribution is 2.46. The molecule has 1 amide bonds. The van der Waals surface area contributed by atoms with Crippen LogP contribution in [0, 0.1) is 0 Å². The average Bonchev–Trinajstić information content (AvgIpc) is 2.96. The summed E-state index contributed by atoms with van der Waals surface area (Å²) in [6.45, 7) is 5.40. The van der Waals surface area contributed by atoms with Crippen molar-refractivity contribution in [1.82, 2.24) is 9.80 Å². The number of esters is 1. The summed E-state index contributed by atoms with van der Waals surface area (Å²) in [5.74, 6) is -5.55. The third kappa shape index (κ3) is 3.67. The molecule has 3 heterocycles. The Hall–Kier alpha value is -4.71. The second-order valence-electron chi connectivity index (χ2n) is 10.4. The van der Waals surface area contributed by atoms with Gasteiger partial charge in [-0.25, -0.2) is 4.79 Å². The number of carbonyl (C=O) groups excluding carboxylic acids is 7. The lowest BCUT2D eigenvalue weighted by Gasteiger charge is -2.53. The molecule has 0 radical (unpaired) electrons. The smallest absolute Gasteiger partial charge is 0.333 e. The fraction of sp³-hybridized carbons (Fsp3) is 0.367. The first-order chi connectivity index (χ1) is 19.8. The number of fused-ring (bicyclic) bond motifs is 5. The maximum Gasteiger partial charge on any atom is 0.333 e. The zero-order chi connectivity index (χ0) is 30.9. The van der Waals surface area contributed by atoms with Gasteiger partial charge in [-0.15, -0.1) is 0 Å². The third-order valence-electron chi connectivity index (χ3n) is 8.38. The second kappa shape index (κ2) is 9.98. The molecule has 0 spiro atoms. The van der Waals surface area contributed by atoms with E-state index in [0.717, 1.165) is 4.90 Å². The van der Waals surface area contributed by atoms with Gasteiger partial charge in [-0.3, -0.25) is 33.7 Å². The van der Waals surface area contributed by atoms with Gasteiger partial charge in [-0.05, 0) is 40.8 Å². The van der Waals surface area contributed by atoms with Crippen molar-refractivity contribution >= 4 is 40.8 Å². The number of ketones is 5. The zero-order valence-corrected chi connectivity index (χ0v) is 24.1. The van der Waals surface area contributed by atoms with Gasteiger partial charge in [-0.2, -0.15) is 0 Å². The predicted molar refractivity (Wildman–Crippen MR) is 143 cm³/mol. The van der Waals surface area contributed by atoms with E-state index in [-0.39, 0.29) is 50.7 Å². The molecule has 1 saturated heterocycles. The molecule has 0 aromatic carbocycles. The highest BCUT2D eigenvalue weighted by Gasteiger charge is 2.60. The summed E-state index contributed by atoms with van der Waals surface area (Å²) >= 11 is 0. The van der Waals surface area contributed by atoms with E-state index in [1.54, 1.807) is 6.92 Å². The summed E-state index contributed by atoms with van der Waals surface area (Å²) in [5, 5.41) is 0. The number of likely N-dealkylation sites (N-methyl/N-ethyl adjacent to an activating group) is 1. The Morgan fingerprint density at radius 1 is 0.881 bits per heavy atom. The van der Waals surface area contributed by atoms with Crippen LogP contribution in [0.1, 0.15) is 27.7 Å². The first kappa shape index (κ1) is 28.8. The normalized spacial score (nSPS) is 26.5. The topological polar surface area (TPSA) is 154 Å². The molecule has 3 atom stereocenters. The van der Waals surface area contributed by atoms with Crippen LogP contribution >= 0.6 is 0 Å². The van der Waals surface area contributed by atoms with Crippen LogP contribution in [0.25, 0.3) is 0 Å². The predicted octanol–water partition coefficient (Wildman–Crippen LogP) is 0.593. The molecule has 1 fully saturated rings. The van der Waals surface area contributed by atoms with E-state index in [2.05, 4.69) is 0 Å². The Kier molecular flexibility index (Phi) is 6.85. The van der Waals surface area contributed by atoms with Crippen LogP contribution < -0.4 is 0 Å². The lowest BCUT2D eigenvalue weighted by molar-refractivity contribution is -0.152. The van der Waals surface area contributed by atoms with Crippen LogP contribution in [0.5, 0.6) is 0 Å². The fourth-order valence-corrected chi connectivity index (χ4v) is 6.14. The Morgan fingerprint density at radius 2 is 1.45 bits per heavy atom. The third-order valence-corrected chi connectivity index (χ3v) is 8.38. The number of amides is 1. The number of allylic oxidation sites excluding steroid dienone is 7. The van der Waals surface area contributed by atoms with E-state index in [1.807, 2.05) is 0 Å². The standard InChI is InChI=1S/C30H28N2O10/c1-8-11(2)30(39)42-10-16-17-14(22(33)12(3)27(40-6)25(17)36)9-15-20-18-19(23(34)13(4)28(41-7)26(18)37)24(35)21(31(20)5)29(38)32(15)16/h8-9,16,20-21H,10H2,1-7H3/b11-8+/t16-,20-,21-/m0/s1. The molecular formula is C30H28N2O10. The minimum atomic E-state index is -1.52. The molecule has 0 saturated carbocycles. The molecule has 2 bridgehead atoms. The first-order valence-electron chi connectivity index (χ1n) is 13.1. The minimum absolute atomic E-state index is 0.0308. The molecule has 12 heteroatoms. The van der Waals surface area contributed by atoms with E-state index < -0.39 is 71.1 Å². The second-order valence-corrected chi connectivity index (χ2v) is 10.4. The first-order valence-corrected chi connectivity index (χ1v) is 13.1. The molecule has 5 rings (SSSR count). The highest BCUT2D eigenvalue weighted by molar-refractivity contribution is 6.39. The number of rotatable bonds is 5. The van der Waals surface area contributed by atoms with E-state index >= 15 is 0 Å². The summed E-state index contributed by atoms with van der Waals surface area (Å²) in [7, 11) is 3.92. The molecule has 3 aliphatic heterocycles. The molecule has 218 valence electrons. The molecule has 2 aliphatic carbocycles. The summed E-state index contributed by atoms with van der Waals surface area (Å²) in [6, 6.07) is -4.00.